The molecule has 2 atom stereocenters. The molecule has 1 rings (SSSR count). The Hall–Kier alpha value is -2.94. The molecule has 0 saturated heterocycles. The van der Waals surface area contributed by atoms with Crippen molar-refractivity contribution in [1.29, 1.82) is 0 Å². The van der Waals surface area contributed by atoms with Gasteiger partial charge in [-0.1, -0.05) is 47.6 Å². The molecule has 1 aromatic rings. The van der Waals surface area contributed by atoms with Gasteiger partial charge in [-0.3, -0.25) is 19.2 Å². The normalized spacial score (nSPS) is 13.0. The molecule has 1 aromatic carbocycles. The molecule has 0 aliphatic rings. The third-order valence-electron chi connectivity index (χ3n) is 4.67. The third-order valence-corrected chi connectivity index (χ3v) is 4.67. The fourth-order valence-electron chi connectivity index (χ4n) is 2.73. The van der Waals surface area contributed by atoms with E-state index >= 15 is 0 Å². The van der Waals surface area contributed by atoms with E-state index in [-0.39, 0.29) is 48.7 Å². The zero-order valence-electron chi connectivity index (χ0n) is 21.0. The highest BCUT2D eigenvalue weighted by molar-refractivity contribution is 5.78. The highest BCUT2D eigenvalue weighted by Crippen LogP contribution is 2.30. The Labute approximate surface area is 201 Å². The van der Waals surface area contributed by atoms with Gasteiger partial charge in [-0.2, -0.15) is 0 Å². The number of ether oxygens (including phenoxy) is 3. The number of carboxylic acids is 1. The minimum atomic E-state index is -1.09. The van der Waals surface area contributed by atoms with E-state index in [2.05, 4.69) is 5.32 Å². The number of hydrogen-bond donors (Lipinski definition) is 2. The molecule has 0 aromatic heterocycles. The first-order valence-corrected chi connectivity index (χ1v) is 11.5. The van der Waals surface area contributed by atoms with Crippen molar-refractivity contribution in [3.63, 3.8) is 0 Å². The van der Waals surface area contributed by atoms with E-state index < -0.39 is 36.0 Å². The molecule has 190 valence electrons. The lowest BCUT2D eigenvalue weighted by atomic mass is 10.0. The Morgan fingerprint density at radius 2 is 1.44 bits per heavy atom. The number of nitrogens with one attached hydrogen (secondary N) is 1. The first-order chi connectivity index (χ1) is 15.8. The average molecular weight is 480 g/mol. The monoisotopic (exact) mass is 479 g/mol. The molecule has 0 amide bonds. The van der Waals surface area contributed by atoms with Crippen molar-refractivity contribution in [3.8, 4) is 11.5 Å². The van der Waals surface area contributed by atoms with Crippen LogP contribution in [0.2, 0.25) is 0 Å². The Kier molecular flexibility index (Phi) is 11.7. The molecular weight excluding hydrogens is 442 g/mol. The Balaban J connectivity index is 2.97. The number of carboxylic acid groups (broad SMARTS) is 1. The molecule has 0 aliphatic heterocycles. The summed E-state index contributed by atoms with van der Waals surface area (Å²) in [5.41, 5.74) is 0.556. The fraction of sp³-hybridized carbons (Fsp3) is 0.600. The van der Waals surface area contributed by atoms with Gasteiger partial charge in [0.1, 0.15) is 12.1 Å². The molecule has 0 spiro atoms. The van der Waals surface area contributed by atoms with Gasteiger partial charge >= 0.3 is 23.9 Å². The lowest BCUT2D eigenvalue weighted by molar-refractivity contribution is -0.149. The van der Waals surface area contributed by atoms with Crippen LogP contribution in [0.3, 0.4) is 0 Å². The maximum Gasteiger partial charge on any atom is 0.321 e. The summed E-state index contributed by atoms with van der Waals surface area (Å²) in [6, 6.07) is 3.60. The van der Waals surface area contributed by atoms with Gasteiger partial charge in [-0.15, -0.1) is 0 Å². The van der Waals surface area contributed by atoms with Crippen LogP contribution >= 0.6 is 0 Å². The first kappa shape index (κ1) is 29.1. The van der Waals surface area contributed by atoms with Crippen LogP contribution in [0, 0.1) is 17.8 Å². The van der Waals surface area contributed by atoms with Crippen LogP contribution in [0.4, 0.5) is 0 Å². The smallest absolute Gasteiger partial charge is 0.321 e. The lowest BCUT2D eigenvalue weighted by Gasteiger charge is -2.20. The van der Waals surface area contributed by atoms with Crippen LogP contribution in [0.5, 0.6) is 11.5 Å². The van der Waals surface area contributed by atoms with Crippen LogP contribution in [0.1, 0.15) is 60.5 Å². The molecule has 0 radical (unpaired) electrons. The van der Waals surface area contributed by atoms with Gasteiger partial charge in [-0.25, -0.2) is 0 Å². The highest BCUT2D eigenvalue weighted by Gasteiger charge is 2.22. The molecule has 0 aliphatic carbocycles. The Morgan fingerprint density at radius 1 is 0.882 bits per heavy atom. The molecule has 34 heavy (non-hydrogen) atoms. The largest absolute Gasteiger partial charge is 0.480 e. The second kappa shape index (κ2) is 13.7. The third kappa shape index (κ3) is 10.3. The molecule has 0 heterocycles. The Bertz CT molecular complexity index is 862. The van der Waals surface area contributed by atoms with Gasteiger partial charge in [0.05, 0.1) is 11.8 Å². The molecule has 9 heteroatoms. The number of carbonyl (C=O) groups is 4. The van der Waals surface area contributed by atoms with Crippen LogP contribution in [0.25, 0.3) is 0 Å². The molecule has 2 N–H and O–H groups in total. The van der Waals surface area contributed by atoms with Crippen molar-refractivity contribution in [2.45, 2.75) is 73.5 Å². The topological polar surface area (TPSA) is 128 Å². The second-order valence-electron chi connectivity index (χ2n) is 9.33. The van der Waals surface area contributed by atoms with Crippen LogP contribution in [-0.2, 0) is 30.3 Å². The molecule has 0 saturated carbocycles. The summed E-state index contributed by atoms with van der Waals surface area (Å²) in [6.45, 7) is 12.4. The van der Waals surface area contributed by atoms with Gasteiger partial charge in [0.25, 0.3) is 0 Å². The summed E-state index contributed by atoms with van der Waals surface area (Å²) in [4.78, 5) is 47.8. The molecule has 0 fully saturated rings. The zero-order valence-corrected chi connectivity index (χ0v) is 21.0. The minimum Gasteiger partial charge on any atom is -0.480 e. The van der Waals surface area contributed by atoms with Crippen LogP contribution in [0.15, 0.2) is 18.2 Å². The number of aliphatic carboxylic acids is 1. The maximum absolute atomic E-state index is 12.1. The SMILES string of the molecule is CC(C)CC(=O)OC(C)CN[C@@H](Cc1ccc(OC(=O)C(C)C)c(OC(=O)C(C)C)c1)C(=O)O. The Morgan fingerprint density at radius 3 is 1.94 bits per heavy atom. The van der Waals surface area contributed by atoms with Gasteiger partial charge in [0, 0.05) is 13.0 Å². The summed E-state index contributed by atoms with van der Waals surface area (Å²) in [5, 5.41) is 12.5. The van der Waals surface area contributed by atoms with Gasteiger partial charge in [0.2, 0.25) is 0 Å². The molecule has 0 bridgehead atoms. The quantitative estimate of drug-likeness (QED) is 0.323. The van der Waals surface area contributed by atoms with Crippen LogP contribution in [-0.4, -0.2) is 47.7 Å². The predicted molar refractivity (Wildman–Crippen MR) is 126 cm³/mol. The fourth-order valence-corrected chi connectivity index (χ4v) is 2.73. The molecular formula is C25H37NO8. The maximum atomic E-state index is 12.1. The highest BCUT2D eigenvalue weighted by atomic mass is 16.6. The van der Waals surface area contributed by atoms with Crippen molar-refractivity contribution < 1.29 is 38.5 Å². The predicted octanol–water partition coefficient (Wildman–Crippen LogP) is 3.37. The van der Waals surface area contributed by atoms with E-state index in [9.17, 15) is 24.3 Å². The second-order valence-corrected chi connectivity index (χ2v) is 9.33. The van der Waals surface area contributed by atoms with Crippen molar-refractivity contribution in [3.05, 3.63) is 23.8 Å². The van der Waals surface area contributed by atoms with Crippen molar-refractivity contribution in [2.75, 3.05) is 6.54 Å². The molecule has 9 nitrogen and oxygen atoms in total. The number of carbonyl (C=O) groups excluding carboxylic acids is 3. The van der Waals surface area contributed by atoms with E-state index in [1.165, 1.54) is 12.1 Å². The van der Waals surface area contributed by atoms with Crippen molar-refractivity contribution in [2.24, 2.45) is 17.8 Å². The molecule has 1 unspecified atom stereocenters. The van der Waals surface area contributed by atoms with E-state index in [4.69, 9.17) is 14.2 Å². The van der Waals surface area contributed by atoms with Gasteiger partial charge < -0.3 is 24.6 Å². The van der Waals surface area contributed by atoms with E-state index in [0.717, 1.165) is 0 Å². The van der Waals surface area contributed by atoms with E-state index in [1.807, 2.05) is 13.8 Å². The van der Waals surface area contributed by atoms with Crippen LogP contribution < -0.4 is 14.8 Å². The zero-order chi connectivity index (χ0) is 26.0. The van der Waals surface area contributed by atoms with Gasteiger partial charge in [0.15, 0.2) is 11.5 Å². The number of hydrogen-bond acceptors (Lipinski definition) is 8. The minimum absolute atomic E-state index is 0.0466. The number of esters is 3. The number of benzene rings is 1. The summed E-state index contributed by atoms with van der Waals surface area (Å²) in [6.07, 6.45) is -0.154. The standard InChI is InChI=1S/C25H37NO8/c1-14(2)10-22(27)32-17(7)13-26-19(23(28)29)11-18-8-9-20(33-24(30)15(3)4)21(12-18)34-25(31)16(5)6/h8-9,12,14-17,19,26H,10-11,13H2,1-7H3,(H,28,29)/t17?,19-/m0/s1. The first-order valence-electron chi connectivity index (χ1n) is 11.5. The average Bonchev–Trinajstić information content (AvgIpc) is 2.71. The summed E-state index contributed by atoms with van der Waals surface area (Å²) in [5.74, 6) is -2.91. The number of rotatable bonds is 13. The van der Waals surface area contributed by atoms with E-state index in [1.54, 1.807) is 40.7 Å². The van der Waals surface area contributed by atoms with Crippen molar-refractivity contribution in [1.82, 2.24) is 5.32 Å². The summed E-state index contributed by atoms with van der Waals surface area (Å²) < 4.78 is 16.0. The summed E-state index contributed by atoms with van der Waals surface area (Å²) >= 11 is 0. The van der Waals surface area contributed by atoms with Gasteiger partial charge in [-0.05, 0) is 37.0 Å². The summed E-state index contributed by atoms with van der Waals surface area (Å²) in [7, 11) is 0. The van der Waals surface area contributed by atoms with E-state index in [0.29, 0.717) is 5.56 Å². The van der Waals surface area contributed by atoms with Crippen molar-refractivity contribution >= 4 is 23.9 Å². The lowest BCUT2D eigenvalue weighted by Crippen LogP contribution is -2.42.